The van der Waals surface area contributed by atoms with Gasteiger partial charge in [-0.2, -0.15) is 0 Å². The van der Waals surface area contributed by atoms with Crippen LogP contribution >= 0.6 is 0 Å². The number of benzene rings is 1. The molecule has 0 saturated heterocycles. The first-order valence-corrected chi connectivity index (χ1v) is 7.60. The molecule has 0 radical (unpaired) electrons. The molecule has 21 heavy (non-hydrogen) atoms. The Balaban J connectivity index is 1.82. The maximum Gasteiger partial charge on any atom is 0.0771 e. The van der Waals surface area contributed by atoms with Gasteiger partial charge in [0.25, 0.3) is 0 Å². The summed E-state index contributed by atoms with van der Waals surface area (Å²) in [5, 5.41) is 13.8. The lowest BCUT2D eigenvalue weighted by Crippen LogP contribution is -2.47. The highest BCUT2D eigenvalue weighted by Gasteiger charge is 2.34. The van der Waals surface area contributed by atoms with Gasteiger partial charge < -0.3 is 10.4 Å². The van der Waals surface area contributed by atoms with Gasteiger partial charge in [-0.3, -0.25) is 4.98 Å². The number of hydrogen-bond donors (Lipinski definition) is 2. The molecule has 1 unspecified atom stereocenters. The summed E-state index contributed by atoms with van der Waals surface area (Å²) in [6.07, 6.45) is 4.72. The summed E-state index contributed by atoms with van der Waals surface area (Å²) in [4.78, 5) is 4.48. The summed E-state index contributed by atoms with van der Waals surface area (Å²) in [7, 11) is 0. The zero-order valence-electron chi connectivity index (χ0n) is 12.4. The Kier molecular flexibility index (Phi) is 4.04. The van der Waals surface area contributed by atoms with Crippen molar-refractivity contribution in [1.82, 2.24) is 10.3 Å². The third-order valence-corrected chi connectivity index (χ3v) is 4.31. The second-order valence-electron chi connectivity index (χ2n) is 6.06. The maximum absolute atomic E-state index is 10.3. The van der Waals surface area contributed by atoms with E-state index in [1.54, 1.807) is 0 Å². The molecule has 3 heteroatoms. The molecule has 1 atom stereocenters. The highest BCUT2D eigenvalue weighted by atomic mass is 16.3. The fourth-order valence-electron chi connectivity index (χ4n) is 2.75. The molecule has 110 valence electrons. The summed E-state index contributed by atoms with van der Waals surface area (Å²) in [5.74, 6) is 0. The van der Waals surface area contributed by atoms with Crippen LogP contribution in [0.5, 0.6) is 0 Å². The molecule has 1 fully saturated rings. The SMILES string of the molecule is Cc1ccc(C(NCC2(O)CCC2)c2ccccn2)cc1. The van der Waals surface area contributed by atoms with Crippen LogP contribution < -0.4 is 5.32 Å². The summed E-state index contributed by atoms with van der Waals surface area (Å²) in [5.41, 5.74) is 2.89. The van der Waals surface area contributed by atoms with Crippen molar-refractivity contribution in [2.24, 2.45) is 0 Å². The van der Waals surface area contributed by atoms with Crippen LogP contribution in [0.4, 0.5) is 0 Å². The fraction of sp³-hybridized carbons (Fsp3) is 0.389. The molecule has 0 bridgehead atoms. The number of aliphatic hydroxyl groups is 1. The molecular weight excluding hydrogens is 260 g/mol. The lowest BCUT2D eigenvalue weighted by molar-refractivity contribution is -0.0325. The van der Waals surface area contributed by atoms with Crippen LogP contribution in [0.15, 0.2) is 48.7 Å². The second kappa shape index (κ2) is 5.96. The highest BCUT2D eigenvalue weighted by Crippen LogP contribution is 2.32. The first-order valence-electron chi connectivity index (χ1n) is 7.60. The third kappa shape index (κ3) is 3.31. The Morgan fingerprint density at radius 1 is 1.19 bits per heavy atom. The molecule has 2 N–H and O–H groups in total. The van der Waals surface area contributed by atoms with Gasteiger partial charge in [0.1, 0.15) is 0 Å². The van der Waals surface area contributed by atoms with Crippen molar-refractivity contribution in [3.63, 3.8) is 0 Å². The lowest BCUT2D eigenvalue weighted by atomic mass is 9.80. The zero-order valence-corrected chi connectivity index (χ0v) is 12.4. The lowest BCUT2D eigenvalue weighted by Gasteiger charge is -2.38. The minimum atomic E-state index is -0.530. The molecule has 2 aromatic rings. The number of hydrogen-bond acceptors (Lipinski definition) is 3. The third-order valence-electron chi connectivity index (χ3n) is 4.31. The fourth-order valence-corrected chi connectivity index (χ4v) is 2.75. The molecule has 1 heterocycles. The predicted molar refractivity (Wildman–Crippen MR) is 84.1 cm³/mol. The van der Waals surface area contributed by atoms with Gasteiger partial charge >= 0.3 is 0 Å². The van der Waals surface area contributed by atoms with Crippen LogP contribution in [-0.4, -0.2) is 22.2 Å². The molecule has 1 aromatic carbocycles. The largest absolute Gasteiger partial charge is 0.389 e. The monoisotopic (exact) mass is 282 g/mol. The van der Waals surface area contributed by atoms with Gasteiger partial charge in [-0.15, -0.1) is 0 Å². The number of aromatic nitrogens is 1. The van der Waals surface area contributed by atoms with Crippen molar-refractivity contribution in [3.05, 3.63) is 65.5 Å². The topological polar surface area (TPSA) is 45.1 Å². The van der Waals surface area contributed by atoms with Crippen LogP contribution in [0, 0.1) is 6.92 Å². The minimum Gasteiger partial charge on any atom is -0.389 e. The van der Waals surface area contributed by atoms with Gasteiger partial charge in [-0.1, -0.05) is 35.9 Å². The molecule has 3 rings (SSSR count). The van der Waals surface area contributed by atoms with Crippen LogP contribution in [0.2, 0.25) is 0 Å². The number of aryl methyl sites for hydroxylation is 1. The van der Waals surface area contributed by atoms with E-state index in [1.807, 2.05) is 24.4 Å². The average molecular weight is 282 g/mol. The van der Waals surface area contributed by atoms with Crippen LogP contribution in [0.25, 0.3) is 0 Å². The van der Waals surface area contributed by atoms with Crippen LogP contribution in [-0.2, 0) is 0 Å². The van der Waals surface area contributed by atoms with Gasteiger partial charge in [-0.25, -0.2) is 0 Å². The molecular formula is C18H22N2O. The van der Waals surface area contributed by atoms with Crippen molar-refractivity contribution in [1.29, 1.82) is 0 Å². The molecule has 1 aromatic heterocycles. The Morgan fingerprint density at radius 2 is 1.95 bits per heavy atom. The van der Waals surface area contributed by atoms with Crippen molar-refractivity contribution >= 4 is 0 Å². The molecule has 1 aliphatic rings. The Bertz CT molecular complexity index is 576. The van der Waals surface area contributed by atoms with Crippen molar-refractivity contribution in [2.45, 2.75) is 37.8 Å². The highest BCUT2D eigenvalue weighted by molar-refractivity contribution is 5.30. The van der Waals surface area contributed by atoms with Gasteiger partial charge in [0.2, 0.25) is 0 Å². The second-order valence-corrected chi connectivity index (χ2v) is 6.06. The summed E-state index contributed by atoms with van der Waals surface area (Å²) in [6.45, 7) is 2.70. The van der Waals surface area contributed by atoms with E-state index < -0.39 is 5.60 Å². The number of nitrogens with zero attached hydrogens (tertiary/aromatic N) is 1. The van der Waals surface area contributed by atoms with E-state index in [0.717, 1.165) is 25.0 Å². The minimum absolute atomic E-state index is 0.0245. The van der Waals surface area contributed by atoms with Gasteiger partial charge in [0.05, 0.1) is 17.3 Å². The predicted octanol–water partition coefficient (Wildman–Crippen LogP) is 2.98. The Morgan fingerprint density at radius 3 is 2.52 bits per heavy atom. The zero-order chi connectivity index (χ0) is 14.7. The van der Waals surface area contributed by atoms with E-state index >= 15 is 0 Å². The normalized spacial score (nSPS) is 18.0. The van der Waals surface area contributed by atoms with Crippen molar-refractivity contribution in [2.75, 3.05) is 6.54 Å². The summed E-state index contributed by atoms with van der Waals surface area (Å²) < 4.78 is 0. The molecule has 3 nitrogen and oxygen atoms in total. The van der Waals surface area contributed by atoms with E-state index in [1.165, 1.54) is 11.1 Å². The van der Waals surface area contributed by atoms with Gasteiger partial charge in [0.15, 0.2) is 0 Å². The molecule has 1 saturated carbocycles. The van der Waals surface area contributed by atoms with Crippen LogP contribution in [0.1, 0.15) is 42.1 Å². The van der Waals surface area contributed by atoms with Gasteiger partial charge in [0, 0.05) is 12.7 Å². The first-order chi connectivity index (χ1) is 10.2. The van der Waals surface area contributed by atoms with E-state index in [9.17, 15) is 5.11 Å². The van der Waals surface area contributed by atoms with Gasteiger partial charge in [-0.05, 0) is 43.9 Å². The van der Waals surface area contributed by atoms with E-state index in [0.29, 0.717) is 6.54 Å². The first kappa shape index (κ1) is 14.2. The van der Waals surface area contributed by atoms with Crippen LogP contribution in [0.3, 0.4) is 0 Å². The quantitative estimate of drug-likeness (QED) is 0.886. The van der Waals surface area contributed by atoms with E-state index in [-0.39, 0.29) is 6.04 Å². The molecule has 0 aliphatic heterocycles. The number of rotatable bonds is 5. The van der Waals surface area contributed by atoms with Crippen molar-refractivity contribution in [3.8, 4) is 0 Å². The Labute approximate surface area is 126 Å². The van der Waals surface area contributed by atoms with E-state index in [2.05, 4.69) is 41.5 Å². The summed E-state index contributed by atoms with van der Waals surface area (Å²) in [6, 6.07) is 14.5. The molecule has 0 spiro atoms. The standard InChI is InChI=1S/C18H22N2O/c1-14-6-8-15(9-7-14)17(16-5-2-3-12-19-16)20-13-18(21)10-4-11-18/h2-3,5-9,12,17,20-21H,4,10-11,13H2,1H3. The molecule has 1 aliphatic carbocycles. The van der Waals surface area contributed by atoms with E-state index in [4.69, 9.17) is 0 Å². The smallest absolute Gasteiger partial charge is 0.0771 e. The number of pyridine rings is 1. The summed E-state index contributed by atoms with van der Waals surface area (Å²) >= 11 is 0. The maximum atomic E-state index is 10.3. The average Bonchev–Trinajstić information content (AvgIpc) is 2.48. The van der Waals surface area contributed by atoms with Crippen molar-refractivity contribution < 1.29 is 5.11 Å². The number of nitrogens with one attached hydrogen (secondary N) is 1. The Hall–Kier alpha value is -1.71. The molecule has 0 amide bonds.